The maximum absolute atomic E-state index is 12.4. The molecule has 1 aliphatic rings. The molecule has 0 amide bonds. The van der Waals surface area contributed by atoms with Gasteiger partial charge in [0.15, 0.2) is 5.84 Å². The van der Waals surface area contributed by atoms with Crippen LogP contribution >= 0.6 is 0 Å². The predicted molar refractivity (Wildman–Crippen MR) is 48.6 cm³/mol. The molecule has 0 aliphatic carbocycles. The van der Waals surface area contributed by atoms with Crippen molar-refractivity contribution in [2.45, 2.75) is 19.0 Å². The molecule has 0 aromatic rings. The Balaban J connectivity index is 2.49. The second-order valence-corrected chi connectivity index (χ2v) is 3.71. The monoisotopic (exact) mass is 225 g/mol. The van der Waals surface area contributed by atoms with E-state index in [0.29, 0.717) is 13.0 Å². The van der Waals surface area contributed by atoms with Gasteiger partial charge in [-0.1, -0.05) is 5.16 Å². The van der Waals surface area contributed by atoms with E-state index in [9.17, 15) is 13.2 Å². The lowest BCUT2D eigenvalue weighted by Crippen LogP contribution is -2.45. The highest BCUT2D eigenvalue weighted by molar-refractivity contribution is 5.81. The van der Waals surface area contributed by atoms with Crippen molar-refractivity contribution in [2.75, 3.05) is 19.6 Å². The number of likely N-dealkylation sites (tertiary alicyclic amines) is 1. The first-order valence-corrected chi connectivity index (χ1v) is 4.69. The first-order valence-electron chi connectivity index (χ1n) is 4.69. The Kier molecular flexibility index (Phi) is 3.78. The molecular weight excluding hydrogens is 211 g/mol. The smallest absolute Gasteiger partial charge is 0.393 e. The third-order valence-electron chi connectivity index (χ3n) is 2.48. The summed E-state index contributed by atoms with van der Waals surface area (Å²) in [6.45, 7) is 0.575. The molecule has 4 nitrogen and oxygen atoms in total. The zero-order valence-corrected chi connectivity index (χ0v) is 8.17. The molecule has 1 unspecified atom stereocenters. The number of hydrogen-bond acceptors (Lipinski definition) is 3. The zero-order valence-electron chi connectivity index (χ0n) is 8.17. The first kappa shape index (κ1) is 12.1. The number of alkyl halides is 3. The van der Waals surface area contributed by atoms with Crippen molar-refractivity contribution >= 4 is 5.84 Å². The molecule has 15 heavy (non-hydrogen) atoms. The highest BCUT2D eigenvalue weighted by Crippen LogP contribution is 2.32. The number of rotatable bonds is 2. The molecule has 0 radical (unpaired) electrons. The van der Waals surface area contributed by atoms with Crippen LogP contribution < -0.4 is 5.73 Å². The SMILES string of the molecule is NC(CN1CCCC(C(F)(F)F)C1)=NO. The summed E-state index contributed by atoms with van der Waals surface area (Å²) in [5, 5.41) is 11.0. The Hall–Kier alpha value is -0.980. The number of piperidine rings is 1. The average molecular weight is 225 g/mol. The molecule has 0 aromatic carbocycles. The van der Waals surface area contributed by atoms with Gasteiger partial charge >= 0.3 is 6.18 Å². The van der Waals surface area contributed by atoms with Crippen LogP contribution in [0.15, 0.2) is 5.16 Å². The first-order chi connectivity index (χ1) is 6.93. The fraction of sp³-hybridized carbons (Fsp3) is 0.875. The van der Waals surface area contributed by atoms with Crippen LogP contribution in [0.3, 0.4) is 0 Å². The van der Waals surface area contributed by atoms with E-state index in [4.69, 9.17) is 10.9 Å². The zero-order chi connectivity index (χ0) is 11.5. The lowest BCUT2D eigenvalue weighted by Gasteiger charge is -2.33. The number of hydrogen-bond donors (Lipinski definition) is 2. The quantitative estimate of drug-likeness (QED) is 0.319. The van der Waals surface area contributed by atoms with E-state index in [-0.39, 0.29) is 25.3 Å². The molecule has 7 heteroatoms. The van der Waals surface area contributed by atoms with Crippen molar-refractivity contribution in [1.29, 1.82) is 0 Å². The van der Waals surface area contributed by atoms with E-state index in [1.165, 1.54) is 0 Å². The van der Waals surface area contributed by atoms with E-state index in [0.717, 1.165) is 0 Å². The molecule has 1 saturated heterocycles. The number of nitrogens with zero attached hydrogens (tertiary/aromatic N) is 2. The number of halogens is 3. The highest BCUT2D eigenvalue weighted by Gasteiger charge is 2.41. The Labute approximate surface area is 85.5 Å². The van der Waals surface area contributed by atoms with E-state index in [1.807, 2.05) is 0 Å². The summed E-state index contributed by atoms with van der Waals surface area (Å²) in [6, 6.07) is 0. The molecule has 1 heterocycles. The molecule has 1 atom stereocenters. The van der Waals surface area contributed by atoms with E-state index >= 15 is 0 Å². The lowest BCUT2D eigenvalue weighted by atomic mass is 9.97. The summed E-state index contributed by atoms with van der Waals surface area (Å²) in [5.41, 5.74) is 5.24. The maximum atomic E-state index is 12.4. The Morgan fingerprint density at radius 3 is 2.73 bits per heavy atom. The van der Waals surface area contributed by atoms with Gasteiger partial charge in [0.1, 0.15) is 0 Å². The van der Waals surface area contributed by atoms with Crippen LogP contribution in [0.25, 0.3) is 0 Å². The third kappa shape index (κ3) is 3.58. The minimum atomic E-state index is -4.15. The summed E-state index contributed by atoms with van der Waals surface area (Å²) < 4.78 is 37.2. The molecular formula is C8H14F3N3O. The van der Waals surface area contributed by atoms with Gasteiger partial charge in [0.25, 0.3) is 0 Å². The highest BCUT2D eigenvalue weighted by atomic mass is 19.4. The van der Waals surface area contributed by atoms with Crippen LogP contribution in [-0.2, 0) is 0 Å². The topological polar surface area (TPSA) is 61.8 Å². The lowest BCUT2D eigenvalue weighted by molar-refractivity contribution is -0.186. The van der Waals surface area contributed by atoms with Crippen LogP contribution in [0, 0.1) is 5.92 Å². The molecule has 88 valence electrons. The van der Waals surface area contributed by atoms with Crippen LogP contribution in [0.4, 0.5) is 13.2 Å². The molecule has 1 aliphatic heterocycles. The summed E-state index contributed by atoms with van der Waals surface area (Å²) >= 11 is 0. The van der Waals surface area contributed by atoms with Gasteiger partial charge < -0.3 is 10.9 Å². The molecule has 0 spiro atoms. The average Bonchev–Trinajstić information content (AvgIpc) is 2.17. The van der Waals surface area contributed by atoms with Gasteiger partial charge in [-0.05, 0) is 19.4 Å². The fourth-order valence-electron chi connectivity index (χ4n) is 1.73. The Morgan fingerprint density at radius 1 is 1.53 bits per heavy atom. The predicted octanol–water partition coefficient (Wildman–Crippen LogP) is 1.01. The second kappa shape index (κ2) is 4.69. The summed E-state index contributed by atoms with van der Waals surface area (Å²) in [7, 11) is 0. The Bertz CT molecular complexity index is 242. The van der Waals surface area contributed by atoms with Crippen LogP contribution in [0.5, 0.6) is 0 Å². The molecule has 0 saturated carbocycles. The molecule has 3 N–H and O–H groups in total. The largest absolute Gasteiger partial charge is 0.409 e. The minimum absolute atomic E-state index is 0.0576. The molecule has 1 rings (SSSR count). The van der Waals surface area contributed by atoms with Gasteiger partial charge in [-0.2, -0.15) is 13.2 Å². The second-order valence-electron chi connectivity index (χ2n) is 3.71. The van der Waals surface area contributed by atoms with Crippen LogP contribution in [0.1, 0.15) is 12.8 Å². The fourth-order valence-corrected chi connectivity index (χ4v) is 1.73. The standard InChI is InChI=1S/C8H14F3N3O/c9-8(10,11)6-2-1-3-14(4-6)5-7(12)13-15/h6,15H,1-5H2,(H2,12,13). The van der Waals surface area contributed by atoms with Crippen molar-refractivity contribution < 1.29 is 18.4 Å². The number of amidine groups is 1. The summed E-state index contributed by atoms with van der Waals surface area (Å²) in [4.78, 5) is 1.55. The van der Waals surface area contributed by atoms with Crippen molar-refractivity contribution in [3.05, 3.63) is 0 Å². The normalized spacial score (nSPS) is 25.5. The van der Waals surface area contributed by atoms with E-state index < -0.39 is 12.1 Å². The number of oxime groups is 1. The third-order valence-corrected chi connectivity index (χ3v) is 2.48. The van der Waals surface area contributed by atoms with Crippen molar-refractivity contribution in [2.24, 2.45) is 16.8 Å². The Morgan fingerprint density at radius 2 is 2.20 bits per heavy atom. The van der Waals surface area contributed by atoms with Crippen molar-refractivity contribution in [3.8, 4) is 0 Å². The van der Waals surface area contributed by atoms with Gasteiger partial charge in [0.2, 0.25) is 0 Å². The minimum Gasteiger partial charge on any atom is -0.409 e. The van der Waals surface area contributed by atoms with Crippen LogP contribution in [-0.4, -0.2) is 41.8 Å². The van der Waals surface area contributed by atoms with Crippen LogP contribution in [0.2, 0.25) is 0 Å². The number of nitrogens with two attached hydrogens (primary N) is 1. The maximum Gasteiger partial charge on any atom is 0.393 e. The van der Waals surface area contributed by atoms with Crippen molar-refractivity contribution in [3.63, 3.8) is 0 Å². The molecule has 0 bridgehead atoms. The van der Waals surface area contributed by atoms with E-state index in [1.54, 1.807) is 4.90 Å². The van der Waals surface area contributed by atoms with Gasteiger partial charge in [-0.3, -0.25) is 4.90 Å². The molecule has 1 fully saturated rings. The van der Waals surface area contributed by atoms with Crippen molar-refractivity contribution in [1.82, 2.24) is 4.90 Å². The van der Waals surface area contributed by atoms with Gasteiger partial charge in [-0.15, -0.1) is 0 Å². The van der Waals surface area contributed by atoms with Gasteiger partial charge in [-0.25, -0.2) is 0 Å². The van der Waals surface area contributed by atoms with E-state index in [2.05, 4.69) is 5.16 Å². The van der Waals surface area contributed by atoms with Gasteiger partial charge in [0.05, 0.1) is 12.5 Å². The summed E-state index contributed by atoms with van der Waals surface area (Å²) in [5.74, 6) is -1.35. The molecule has 0 aromatic heterocycles. The van der Waals surface area contributed by atoms with Gasteiger partial charge in [0, 0.05) is 6.54 Å². The summed E-state index contributed by atoms with van der Waals surface area (Å²) in [6.07, 6.45) is -3.50.